The molecule has 6 aromatic rings. The summed E-state index contributed by atoms with van der Waals surface area (Å²) in [6.45, 7) is 6.75. The molecule has 3 heteroatoms. The normalized spacial score (nSPS) is 12.6. The van der Waals surface area contributed by atoms with Crippen LogP contribution in [0.15, 0.2) is 77.3 Å². The molecule has 0 spiro atoms. The van der Waals surface area contributed by atoms with Gasteiger partial charge in [-0.3, -0.25) is 0 Å². The van der Waals surface area contributed by atoms with E-state index in [4.69, 9.17) is 5.79 Å². The molecule has 0 N–H and O–H groups in total. The second kappa shape index (κ2) is 6.45. The number of hydrogen-bond acceptors (Lipinski definition) is 1. The largest absolute Gasteiger partial charge is 0.455 e. The second-order valence-electron chi connectivity index (χ2n) is 8.64. The van der Waals surface area contributed by atoms with Gasteiger partial charge < -0.3 is 4.42 Å². The van der Waals surface area contributed by atoms with Crippen LogP contribution in [-0.2, 0) is 7.05 Å². The Morgan fingerprint density at radius 1 is 0.903 bits per heavy atom. The quantitative estimate of drug-likeness (QED) is 0.286. The molecule has 0 radical (unpaired) electrons. The minimum atomic E-state index is 0.339. The van der Waals surface area contributed by atoms with Crippen molar-refractivity contribution < 1.29 is 10.4 Å². The van der Waals surface area contributed by atoms with Crippen LogP contribution in [0.4, 0.5) is 0 Å². The lowest BCUT2D eigenvalue weighted by Gasteiger charge is -2.13. The highest BCUT2D eigenvalue weighted by molar-refractivity contribution is 6.25. The van der Waals surface area contributed by atoms with Gasteiger partial charge in [0.25, 0.3) is 5.82 Å². The van der Waals surface area contributed by atoms with Gasteiger partial charge >= 0.3 is 0 Å². The molecule has 3 aromatic carbocycles. The van der Waals surface area contributed by atoms with Crippen LogP contribution in [0.2, 0.25) is 0 Å². The highest BCUT2D eigenvalue weighted by Crippen LogP contribution is 2.45. The number of furan rings is 1. The summed E-state index contributed by atoms with van der Waals surface area (Å²) < 4.78 is 19.2. The van der Waals surface area contributed by atoms with Crippen molar-refractivity contribution in [3.63, 3.8) is 0 Å². The van der Waals surface area contributed by atoms with Crippen LogP contribution in [-0.4, -0.2) is 4.57 Å². The molecule has 0 amide bonds. The molecule has 6 rings (SSSR count). The molecule has 3 heterocycles. The number of fused-ring (bicyclic) bond motifs is 7. The van der Waals surface area contributed by atoms with E-state index in [-0.39, 0.29) is 0 Å². The van der Waals surface area contributed by atoms with E-state index in [1.807, 2.05) is 29.8 Å². The average molecular weight is 407 g/mol. The van der Waals surface area contributed by atoms with E-state index in [9.17, 15) is 0 Å². The molecule has 3 aromatic heterocycles. The summed E-state index contributed by atoms with van der Waals surface area (Å²) >= 11 is 0. The molecule has 3 nitrogen and oxygen atoms in total. The lowest BCUT2D eigenvalue weighted by Crippen LogP contribution is -2.33. The Bertz CT molecular complexity index is 1690. The molecular weight excluding hydrogens is 380 g/mol. The maximum Gasteiger partial charge on any atom is 0.286 e. The van der Waals surface area contributed by atoms with Gasteiger partial charge in [0, 0.05) is 27.8 Å². The van der Waals surface area contributed by atoms with Gasteiger partial charge in [-0.05, 0) is 42.7 Å². The number of pyridine rings is 1. The van der Waals surface area contributed by atoms with Crippen molar-refractivity contribution in [1.29, 1.82) is 0 Å². The lowest BCUT2D eigenvalue weighted by molar-refractivity contribution is -0.665. The molecule has 0 aliphatic rings. The first-order chi connectivity index (χ1) is 15.5. The van der Waals surface area contributed by atoms with E-state index in [1.165, 1.54) is 27.3 Å². The van der Waals surface area contributed by atoms with Gasteiger partial charge in [-0.15, -0.1) is 0 Å². The summed E-state index contributed by atoms with van der Waals surface area (Å²) in [5, 5.41) is 4.71. The summed E-state index contributed by atoms with van der Waals surface area (Å²) in [5.74, 6) is 1.31. The van der Waals surface area contributed by atoms with Crippen molar-refractivity contribution in [3.05, 3.63) is 84.0 Å². The van der Waals surface area contributed by atoms with Gasteiger partial charge in [-0.1, -0.05) is 50.2 Å². The number of hydrogen-bond donors (Lipinski definition) is 0. The van der Waals surface area contributed by atoms with E-state index in [0.29, 0.717) is 12.1 Å². The van der Waals surface area contributed by atoms with Gasteiger partial charge in [0.1, 0.15) is 23.6 Å². The van der Waals surface area contributed by atoms with Crippen molar-refractivity contribution in [2.75, 3.05) is 0 Å². The topological polar surface area (TPSA) is 21.9 Å². The maximum absolute atomic E-state index is 8.38. The molecule has 152 valence electrons. The van der Waals surface area contributed by atoms with Gasteiger partial charge in [-0.25, -0.2) is 4.57 Å². The smallest absolute Gasteiger partial charge is 0.286 e. The predicted molar refractivity (Wildman–Crippen MR) is 128 cm³/mol. The fraction of sp³-hybridized carbons (Fsp3) is 0.179. The summed E-state index contributed by atoms with van der Waals surface area (Å²) in [5.41, 5.74) is 6.74. The molecule has 0 saturated carbocycles. The average Bonchev–Trinajstić information content (AvgIpc) is 3.32. The molecular formula is C28H25N2O+. The molecule has 31 heavy (non-hydrogen) atoms. The van der Waals surface area contributed by atoms with Crippen molar-refractivity contribution in [2.45, 2.75) is 26.7 Å². The molecule has 0 aliphatic heterocycles. The molecule has 0 unspecified atom stereocenters. The van der Waals surface area contributed by atoms with Crippen LogP contribution in [0, 0.1) is 6.92 Å². The minimum absolute atomic E-state index is 0.339. The third-order valence-corrected chi connectivity index (χ3v) is 6.49. The van der Waals surface area contributed by atoms with Gasteiger partial charge in [0.15, 0.2) is 0 Å². The number of benzene rings is 3. The Balaban J connectivity index is 1.96. The zero-order valence-corrected chi connectivity index (χ0v) is 18.2. The van der Waals surface area contributed by atoms with Crippen molar-refractivity contribution in [2.24, 2.45) is 7.05 Å². The molecule has 0 atom stereocenters. The van der Waals surface area contributed by atoms with Crippen LogP contribution >= 0.6 is 0 Å². The number of rotatable bonds is 2. The summed E-state index contributed by atoms with van der Waals surface area (Å²) in [6, 6.07) is 22.7. The van der Waals surface area contributed by atoms with Crippen LogP contribution in [0.5, 0.6) is 0 Å². The Labute approximate surface area is 182 Å². The highest BCUT2D eigenvalue weighted by atomic mass is 16.3. The Kier molecular flexibility index (Phi) is 3.56. The first kappa shape index (κ1) is 17.1. The van der Waals surface area contributed by atoms with Crippen LogP contribution < -0.4 is 4.57 Å². The number of aromatic nitrogens is 2. The maximum atomic E-state index is 8.38. The van der Waals surface area contributed by atoms with E-state index in [0.717, 1.165) is 33.4 Å². The van der Waals surface area contributed by atoms with E-state index >= 15 is 0 Å². The first-order valence-corrected chi connectivity index (χ1v) is 10.8. The van der Waals surface area contributed by atoms with Gasteiger partial charge in [-0.2, -0.15) is 4.57 Å². The monoisotopic (exact) mass is 406 g/mol. The van der Waals surface area contributed by atoms with Crippen LogP contribution in [0.1, 0.15) is 32.3 Å². The van der Waals surface area contributed by atoms with Crippen molar-refractivity contribution in [1.82, 2.24) is 4.57 Å². The first-order valence-electron chi connectivity index (χ1n) is 11.3. The van der Waals surface area contributed by atoms with Crippen molar-refractivity contribution in [3.8, 4) is 5.82 Å². The SMILES string of the molecule is [2H]c1cccc(-n2c3ccccc3c3c4oc5ccccc5c4c(C(C)C)c(C)c32)[n+]1C. The zero-order chi connectivity index (χ0) is 22.1. The van der Waals surface area contributed by atoms with Crippen molar-refractivity contribution >= 4 is 43.7 Å². The Hall–Kier alpha value is -3.59. The fourth-order valence-corrected chi connectivity index (χ4v) is 5.28. The fourth-order valence-electron chi connectivity index (χ4n) is 5.28. The van der Waals surface area contributed by atoms with Gasteiger partial charge in [0.2, 0.25) is 0 Å². The van der Waals surface area contributed by atoms with E-state index in [1.54, 1.807) is 0 Å². The van der Waals surface area contributed by atoms with Gasteiger partial charge in [0.05, 0.1) is 18.6 Å². The Morgan fingerprint density at radius 2 is 1.61 bits per heavy atom. The summed E-state index contributed by atoms with van der Waals surface area (Å²) in [6.07, 6.45) is 0.472. The van der Waals surface area contributed by atoms with E-state index in [2.05, 4.69) is 73.9 Å². The van der Waals surface area contributed by atoms with Crippen LogP contribution in [0.3, 0.4) is 0 Å². The van der Waals surface area contributed by atoms with Crippen LogP contribution in [0.25, 0.3) is 49.6 Å². The third-order valence-electron chi connectivity index (χ3n) is 6.49. The highest BCUT2D eigenvalue weighted by Gasteiger charge is 2.29. The lowest BCUT2D eigenvalue weighted by atomic mass is 9.90. The minimum Gasteiger partial charge on any atom is -0.455 e. The summed E-state index contributed by atoms with van der Waals surface area (Å²) in [4.78, 5) is 0. The third kappa shape index (κ3) is 2.37. The molecule has 0 aliphatic carbocycles. The molecule has 0 fully saturated rings. The molecule has 0 saturated heterocycles. The standard InChI is InChI=1S/C28H25N2O/c1-17(2)24-18(3)27-26(28-25(24)20-12-6-8-14-22(20)31-28)19-11-5-7-13-21(19)30(27)23-15-9-10-16-29(23)4/h5-17H,1-4H3/q+1/i16D. The Morgan fingerprint density at radius 3 is 2.42 bits per heavy atom. The predicted octanol–water partition coefficient (Wildman–Crippen LogP) is 6.94. The number of nitrogens with zero attached hydrogens (tertiary/aromatic N) is 2. The zero-order valence-electron chi connectivity index (χ0n) is 19.2. The van der Waals surface area contributed by atoms with E-state index < -0.39 is 0 Å². The summed E-state index contributed by atoms with van der Waals surface area (Å²) in [7, 11) is 1.96. The number of aryl methyl sites for hydroxylation is 1. The number of para-hydroxylation sites is 2. The molecule has 0 bridgehead atoms. The second-order valence-corrected chi connectivity index (χ2v) is 8.64.